The lowest BCUT2D eigenvalue weighted by Gasteiger charge is -2.18. The average Bonchev–Trinajstić information content (AvgIpc) is 2.53. The molecule has 82 valence electrons. The lowest BCUT2D eigenvalue weighted by atomic mass is 10.0. The van der Waals surface area contributed by atoms with Gasteiger partial charge in [-0.15, -0.1) is 0 Å². The van der Waals surface area contributed by atoms with Crippen LogP contribution in [0.1, 0.15) is 33.6 Å². The first kappa shape index (κ1) is 11.5. The number of carbonyl (C=O) groups is 1. The maximum Gasteiger partial charge on any atom is 0.224 e. The maximum absolute atomic E-state index is 11.7. The molecule has 0 spiro atoms. The van der Waals surface area contributed by atoms with Gasteiger partial charge in [0.15, 0.2) is 0 Å². The molecule has 2 N–H and O–H groups in total. The van der Waals surface area contributed by atoms with Gasteiger partial charge in [-0.05, 0) is 32.2 Å². The smallest absolute Gasteiger partial charge is 0.224 e. The van der Waals surface area contributed by atoms with Gasteiger partial charge in [-0.2, -0.15) is 0 Å². The zero-order chi connectivity index (χ0) is 10.6. The summed E-state index contributed by atoms with van der Waals surface area (Å²) in [6.07, 6.45) is 2.05. The molecule has 1 aliphatic heterocycles. The highest BCUT2D eigenvalue weighted by atomic mass is 16.2. The SMILES string of the molecule is CC(C)CC(C)NC(=O)C1CCNC1. The number of carbonyl (C=O) groups excluding carboxylic acids is 1. The van der Waals surface area contributed by atoms with Crippen LogP contribution in [-0.2, 0) is 4.79 Å². The molecule has 0 bridgehead atoms. The third-order valence-electron chi connectivity index (χ3n) is 2.64. The second-order valence-electron chi connectivity index (χ2n) is 4.73. The van der Waals surface area contributed by atoms with Crippen molar-refractivity contribution in [1.29, 1.82) is 0 Å². The first-order valence-corrected chi connectivity index (χ1v) is 5.60. The molecule has 0 radical (unpaired) electrons. The summed E-state index contributed by atoms with van der Waals surface area (Å²) in [7, 11) is 0. The third kappa shape index (κ3) is 3.66. The van der Waals surface area contributed by atoms with E-state index in [4.69, 9.17) is 0 Å². The number of rotatable bonds is 4. The van der Waals surface area contributed by atoms with E-state index in [2.05, 4.69) is 31.4 Å². The largest absolute Gasteiger partial charge is 0.353 e. The number of nitrogens with one attached hydrogen (secondary N) is 2. The van der Waals surface area contributed by atoms with Crippen molar-refractivity contribution < 1.29 is 4.79 Å². The summed E-state index contributed by atoms with van der Waals surface area (Å²) >= 11 is 0. The van der Waals surface area contributed by atoms with E-state index in [-0.39, 0.29) is 11.8 Å². The first-order valence-electron chi connectivity index (χ1n) is 5.60. The van der Waals surface area contributed by atoms with Crippen molar-refractivity contribution >= 4 is 5.91 Å². The van der Waals surface area contributed by atoms with E-state index in [1.807, 2.05) is 0 Å². The van der Waals surface area contributed by atoms with Gasteiger partial charge in [-0.3, -0.25) is 4.79 Å². The molecule has 14 heavy (non-hydrogen) atoms. The van der Waals surface area contributed by atoms with Crippen LogP contribution in [0.4, 0.5) is 0 Å². The fourth-order valence-electron chi connectivity index (χ4n) is 2.01. The van der Waals surface area contributed by atoms with Gasteiger partial charge >= 0.3 is 0 Å². The molecule has 0 aromatic heterocycles. The number of hydrogen-bond acceptors (Lipinski definition) is 2. The van der Waals surface area contributed by atoms with Crippen LogP contribution in [0.2, 0.25) is 0 Å². The molecule has 0 aromatic carbocycles. The molecule has 2 unspecified atom stereocenters. The van der Waals surface area contributed by atoms with E-state index in [9.17, 15) is 4.79 Å². The maximum atomic E-state index is 11.7. The molecule has 2 atom stereocenters. The summed E-state index contributed by atoms with van der Waals surface area (Å²) in [5.41, 5.74) is 0. The Bertz CT molecular complexity index is 186. The summed E-state index contributed by atoms with van der Waals surface area (Å²) in [6, 6.07) is 0.308. The Hall–Kier alpha value is -0.570. The Morgan fingerprint density at radius 3 is 2.71 bits per heavy atom. The Morgan fingerprint density at radius 2 is 2.21 bits per heavy atom. The molecule has 0 saturated carbocycles. The molecule has 1 fully saturated rings. The molecule has 1 amide bonds. The van der Waals surface area contributed by atoms with Crippen LogP contribution in [-0.4, -0.2) is 25.0 Å². The van der Waals surface area contributed by atoms with E-state index >= 15 is 0 Å². The fourth-order valence-corrected chi connectivity index (χ4v) is 2.01. The Labute approximate surface area is 86.6 Å². The molecule has 0 aromatic rings. The van der Waals surface area contributed by atoms with Gasteiger partial charge in [-0.25, -0.2) is 0 Å². The van der Waals surface area contributed by atoms with Crippen molar-refractivity contribution in [3.05, 3.63) is 0 Å². The molecule has 3 nitrogen and oxygen atoms in total. The van der Waals surface area contributed by atoms with Gasteiger partial charge in [0.25, 0.3) is 0 Å². The van der Waals surface area contributed by atoms with Gasteiger partial charge < -0.3 is 10.6 Å². The van der Waals surface area contributed by atoms with E-state index in [0.29, 0.717) is 12.0 Å². The van der Waals surface area contributed by atoms with Crippen molar-refractivity contribution in [2.75, 3.05) is 13.1 Å². The van der Waals surface area contributed by atoms with Crippen molar-refractivity contribution in [2.24, 2.45) is 11.8 Å². The van der Waals surface area contributed by atoms with Crippen LogP contribution in [0.15, 0.2) is 0 Å². The summed E-state index contributed by atoms with van der Waals surface area (Å²) in [4.78, 5) is 11.7. The van der Waals surface area contributed by atoms with Crippen LogP contribution in [0, 0.1) is 11.8 Å². The molecular formula is C11H22N2O. The Kier molecular flexibility index (Phi) is 4.39. The van der Waals surface area contributed by atoms with Gasteiger partial charge in [0.1, 0.15) is 0 Å². The Morgan fingerprint density at radius 1 is 1.50 bits per heavy atom. The lowest BCUT2D eigenvalue weighted by molar-refractivity contribution is -0.125. The molecule has 1 aliphatic rings. The van der Waals surface area contributed by atoms with Crippen LogP contribution in [0.25, 0.3) is 0 Å². The average molecular weight is 198 g/mol. The van der Waals surface area contributed by atoms with Gasteiger partial charge in [-0.1, -0.05) is 13.8 Å². The highest BCUT2D eigenvalue weighted by Gasteiger charge is 2.23. The summed E-state index contributed by atoms with van der Waals surface area (Å²) in [5, 5.41) is 6.28. The van der Waals surface area contributed by atoms with Crippen molar-refractivity contribution in [3.8, 4) is 0 Å². The minimum atomic E-state index is 0.199. The molecule has 1 rings (SSSR count). The van der Waals surface area contributed by atoms with E-state index in [1.165, 1.54) is 0 Å². The predicted octanol–water partition coefficient (Wildman–Crippen LogP) is 1.15. The van der Waals surface area contributed by atoms with Crippen LogP contribution in [0.5, 0.6) is 0 Å². The number of amides is 1. The summed E-state index contributed by atoms with van der Waals surface area (Å²) in [6.45, 7) is 8.27. The molecule has 0 aliphatic carbocycles. The molecule has 3 heteroatoms. The standard InChI is InChI=1S/C11H22N2O/c1-8(2)6-9(3)13-11(14)10-4-5-12-7-10/h8-10,12H,4-7H2,1-3H3,(H,13,14). The van der Waals surface area contributed by atoms with E-state index < -0.39 is 0 Å². The number of hydrogen-bond donors (Lipinski definition) is 2. The zero-order valence-electron chi connectivity index (χ0n) is 9.47. The highest BCUT2D eigenvalue weighted by Crippen LogP contribution is 2.09. The van der Waals surface area contributed by atoms with Crippen LogP contribution < -0.4 is 10.6 Å². The van der Waals surface area contributed by atoms with Gasteiger partial charge in [0.05, 0.1) is 5.92 Å². The third-order valence-corrected chi connectivity index (χ3v) is 2.64. The minimum absolute atomic E-state index is 0.199. The van der Waals surface area contributed by atoms with E-state index in [0.717, 1.165) is 25.9 Å². The minimum Gasteiger partial charge on any atom is -0.353 e. The fraction of sp³-hybridized carbons (Fsp3) is 0.909. The topological polar surface area (TPSA) is 41.1 Å². The summed E-state index contributed by atoms with van der Waals surface area (Å²) < 4.78 is 0. The molecule has 1 heterocycles. The van der Waals surface area contributed by atoms with E-state index in [1.54, 1.807) is 0 Å². The molecule has 1 saturated heterocycles. The Balaban J connectivity index is 2.25. The van der Waals surface area contributed by atoms with Crippen molar-refractivity contribution in [2.45, 2.75) is 39.7 Å². The van der Waals surface area contributed by atoms with Crippen LogP contribution >= 0.6 is 0 Å². The van der Waals surface area contributed by atoms with Crippen molar-refractivity contribution in [1.82, 2.24) is 10.6 Å². The predicted molar refractivity (Wildman–Crippen MR) is 58.0 cm³/mol. The highest BCUT2D eigenvalue weighted by molar-refractivity contribution is 5.79. The quantitative estimate of drug-likeness (QED) is 0.711. The molecular weight excluding hydrogens is 176 g/mol. The van der Waals surface area contributed by atoms with Crippen LogP contribution in [0.3, 0.4) is 0 Å². The second kappa shape index (κ2) is 5.35. The van der Waals surface area contributed by atoms with Gasteiger partial charge in [0.2, 0.25) is 5.91 Å². The first-order chi connectivity index (χ1) is 6.59. The normalized spacial score (nSPS) is 23.9. The second-order valence-corrected chi connectivity index (χ2v) is 4.73. The monoisotopic (exact) mass is 198 g/mol. The van der Waals surface area contributed by atoms with Crippen molar-refractivity contribution in [3.63, 3.8) is 0 Å². The zero-order valence-corrected chi connectivity index (χ0v) is 9.47. The lowest BCUT2D eigenvalue weighted by Crippen LogP contribution is -2.38. The summed E-state index contributed by atoms with van der Waals surface area (Å²) in [5.74, 6) is 1.07. The van der Waals surface area contributed by atoms with Gasteiger partial charge in [0, 0.05) is 12.6 Å².